The molecule has 1 amide bonds. The van der Waals surface area contributed by atoms with Crippen molar-refractivity contribution < 1.29 is 19.4 Å². The minimum Gasteiger partial charge on any atom is -0.508 e. The van der Waals surface area contributed by atoms with Crippen molar-refractivity contribution in [1.29, 1.82) is 0 Å². The highest BCUT2D eigenvalue weighted by Crippen LogP contribution is 2.63. The Morgan fingerprint density at radius 3 is 2.57 bits per heavy atom. The standard InChI is InChI=1S/C39H54FNO3/c1-39-25-34(40)38-32-18-17-31(42)24-30(32)23-29(37(38)33(39)19-20-35(39)43)15-9-4-10-22-41(26-28-13-7-3-8-14-28)36(44)21-16-27-11-5-2-6-12-27/h3,7-8,13-14,17-18,24,27,29,33-35,37-38,42-43H,2,4-6,9-12,15-16,19-23,25-26H2,1H3/t29-,33?,34+,35+,37?,38?,39+/m1/s1. The second kappa shape index (κ2) is 13.9. The summed E-state index contributed by atoms with van der Waals surface area (Å²) >= 11 is 0. The van der Waals surface area contributed by atoms with Crippen molar-refractivity contribution in [1.82, 2.24) is 4.90 Å². The molecule has 3 unspecified atom stereocenters. The molecule has 4 aliphatic rings. The smallest absolute Gasteiger partial charge is 0.222 e. The number of fused-ring (bicyclic) bond motifs is 5. The topological polar surface area (TPSA) is 60.8 Å². The number of aromatic hydroxyl groups is 1. The zero-order valence-electron chi connectivity index (χ0n) is 26.8. The number of phenolic OH excluding ortho intramolecular Hbond substituents is 1. The predicted octanol–water partition coefficient (Wildman–Crippen LogP) is 8.73. The number of aliphatic hydroxyl groups excluding tert-OH is 1. The third-order valence-electron chi connectivity index (χ3n) is 12.3. The predicted molar refractivity (Wildman–Crippen MR) is 174 cm³/mol. The summed E-state index contributed by atoms with van der Waals surface area (Å²) in [4.78, 5) is 15.5. The molecule has 2 N–H and O–H groups in total. The maximum atomic E-state index is 16.1. The van der Waals surface area contributed by atoms with E-state index in [0.717, 1.165) is 69.0 Å². The van der Waals surface area contributed by atoms with Gasteiger partial charge in [-0.15, -0.1) is 0 Å². The lowest BCUT2D eigenvalue weighted by molar-refractivity contribution is -0.132. The molecule has 2 aromatic rings. The van der Waals surface area contributed by atoms with Crippen molar-refractivity contribution in [3.05, 3.63) is 65.2 Å². The Labute approximate surface area is 264 Å². The molecular formula is C39H54FNO3. The van der Waals surface area contributed by atoms with Crippen LogP contribution in [0.2, 0.25) is 0 Å². The molecule has 0 bridgehead atoms. The lowest BCUT2D eigenvalue weighted by Gasteiger charge is -2.54. The first-order valence-electron chi connectivity index (χ1n) is 17.8. The highest BCUT2D eigenvalue weighted by molar-refractivity contribution is 5.76. The van der Waals surface area contributed by atoms with Crippen LogP contribution >= 0.6 is 0 Å². The number of hydrogen-bond acceptors (Lipinski definition) is 3. The maximum Gasteiger partial charge on any atom is 0.222 e. The summed E-state index contributed by atoms with van der Waals surface area (Å²) in [6.07, 6.45) is 14.0. The van der Waals surface area contributed by atoms with E-state index in [2.05, 4.69) is 36.1 Å². The van der Waals surface area contributed by atoms with Gasteiger partial charge in [0.2, 0.25) is 5.91 Å². The van der Waals surface area contributed by atoms with E-state index in [-0.39, 0.29) is 23.0 Å². The number of unbranched alkanes of at least 4 members (excludes halogenated alkanes) is 2. The second-order valence-electron chi connectivity index (χ2n) is 15.1. The molecule has 4 aliphatic carbocycles. The molecule has 3 saturated carbocycles. The fourth-order valence-corrected chi connectivity index (χ4v) is 9.98. The van der Waals surface area contributed by atoms with Crippen molar-refractivity contribution in [2.45, 2.75) is 128 Å². The van der Waals surface area contributed by atoms with Crippen LogP contribution in [0.4, 0.5) is 4.39 Å². The van der Waals surface area contributed by atoms with E-state index in [0.29, 0.717) is 43.0 Å². The summed E-state index contributed by atoms with van der Waals surface area (Å²) < 4.78 is 16.1. The Balaban J connectivity index is 1.09. The summed E-state index contributed by atoms with van der Waals surface area (Å²) in [6, 6.07) is 15.9. The van der Waals surface area contributed by atoms with Gasteiger partial charge in [-0.3, -0.25) is 4.79 Å². The average Bonchev–Trinajstić information content (AvgIpc) is 3.32. The molecule has 7 atom stereocenters. The molecule has 3 fully saturated rings. The van der Waals surface area contributed by atoms with Crippen LogP contribution in [0.3, 0.4) is 0 Å². The number of amides is 1. The van der Waals surface area contributed by atoms with E-state index in [4.69, 9.17) is 0 Å². The quantitative estimate of drug-likeness (QED) is 0.253. The van der Waals surface area contributed by atoms with Crippen LogP contribution in [-0.4, -0.2) is 39.8 Å². The number of aliphatic hydroxyl groups is 1. The Hall–Kier alpha value is -2.40. The molecule has 0 aromatic heterocycles. The summed E-state index contributed by atoms with van der Waals surface area (Å²) in [7, 11) is 0. The molecule has 0 spiro atoms. The van der Waals surface area contributed by atoms with Gasteiger partial charge in [0.05, 0.1) is 6.10 Å². The van der Waals surface area contributed by atoms with Crippen molar-refractivity contribution in [2.75, 3.05) is 6.54 Å². The van der Waals surface area contributed by atoms with E-state index in [1.165, 1.54) is 37.7 Å². The lowest BCUT2D eigenvalue weighted by Crippen LogP contribution is -2.51. The van der Waals surface area contributed by atoms with Crippen LogP contribution in [0, 0.1) is 29.1 Å². The number of alkyl halides is 1. The summed E-state index contributed by atoms with van der Waals surface area (Å²) in [5.41, 5.74) is 3.04. The van der Waals surface area contributed by atoms with Crippen LogP contribution < -0.4 is 0 Å². The molecule has 4 nitrogen and oxygen atoms in total. The number of hydrogen-bond donors (Lipinski definition) is 2. The zero-order chi connectivity index (χ0) is 30.7. The highest BCUT2D eigenvalue weighted by atomic mass is 19.1. The van der Waals surface area contributed by atoms with Crippen LogP contribution in [0.25, 0.3) is 0 Å². The van der Waals surface area contributed by atoms with E-state index >= 15 is 4.39 Å². The molecule has 2 aromatic carbocycles. The summed E-state index contributed by atoms with van der Waals surface area (Å²) in [5.74, 6) is 2.04. The largest absolute Gasteiger partial charge is 0.508 e. The Bertz CT molecular complexity index is 1250. The van der Waals surface area contributed by atoms with Crippen LogP contribution in [0.1, 0.15) is 119 Å². The van der Waals surface area contributed by atoms with Crippen LogP contribution in [0.5, 0.6) is 5.75 Å². The number of nitrogens with zero attached hydrogens (tertiary/aromatic N) is 1. The SMILES string of the molecule is C[C@]12C[C@H](F)C3c4ccc(O)cc4C[C@@H](CCCCCN(Cc4ccccc4)C(=O)CCC4CCCCC4)C3C1CC[C@@H]2O. The summed E-state index contributed by atoms with van der Waals surface area (Å²) in [6.45, 7) is 3.59. The lowest BCUT2D eigenvalue weighted by atomic mass is 9.51. The number of rotatable bonds is 11. The molecular weight excluding hydrogens is 549 g/mol. The number of phenols is 1. The Kier molecular flexibility index (Phi) is 10.00. The molecule has 0 saturated heterocycles. The van der Waals surface area contributed by atoms with Crippen molar-refractivity contribution in [2.24, 2.45) is 29.1 Å². The first-order valence-corrected chi connectivity index (χ1v) is 17.8. The fourth-order valence-electron chi connectivity index (χ4n) is 9.98. The van der Waals surface area contributed by atoms with Gasteiger partial charge in [0, 0.05) is 25.4 Å². The van der Waals surface area contributed by atoms with Gasteiger partial charge in [-0.25, -0.2) is 4.39 Å². The van der Waals surface area contributed by atoms with Gasteiger partial charge in [-0.05, 0) is 103 Å². The van der Waals surface area contributed by atoms with Crippen LogP contribution in [0.15, 0.2) is 48.5 Å². The van der Waals surface area contributed by atoms with Gasteiger partial charge >= 0.3 is 0 Å². The normalized spacial score (nSPS) is 31.6. The third-order valence-corrected chi connectivity index (χ3v) is 12.3. The van der Waals surface area contributed by atoms with E-state index < -0.39 is 12.3 Å². The van der Waals surface area contributed by atoms with Crippen molar-refractivity contribution in [3.63, 3.8) is 0 Å². The van der Waals surface area contributed by atoms with Crippen molar-refractivity contribution >= 4 is 5.91 Å². The molecule has 6 rings (SSSR count). The molecule has 5 heteroatoms. The summed E-state index contributed by atoms with van der Waals surface area (Å²) in [5, 5.41) is 21.2. The molecule has 0 radical (unpaired) electrons. The molecule has 240 valence electrons. The first-order chi connectivity index (χ1) is 21.3. The molecule has 44 heavy (non-hydrogen) atoms. The maximum absolute atomic E-state index is 16.1. The minimum atomic E-state index is -0.966. The first kappa shape index (κ1) is 31.6. The van der Waals surface area contributed by atoms with Gasteiger partial charge in [-0.1, -0.05) is 88.3 Å². The number of benzene rings is 2. The van der Waals surface area contributed by atoms with Gasteiger partial charge in [0.15, 0.2) is 0 Å². The van der Waals surface area contributed by atoms with Gasteiger partial charge < -0.3 is 15.1 Å². The van der Waals surface area contributed by atoms with Crippen LogP contribution in [-0.2, 0) is 17.8 Å². The Morgan fingerprint density at radius 1 is 0.977 bits per heavy atom. The zero-order valence-corrected chi connectivity index (χ0v) is 26.8. The average molecular weight is 604 g/mol. The van der Waals surface area contributed by atoms with E-state index in [9.17, 15) is 15.0 Å². The van der Waals surface area contributed by atoms with Gasteiger partial charge in [0.25, 0.3) is 0 Å². The third kappa shape index (κ3) is 6.73. The van der Waals surface area contributed by atoms with Gasteiger partial charge in [0.1, 0.15) is 11.9 Å². The number of carbonyl (C=O) groups is 1. The molecule has 0 heterocycles. The molecule has 0 aliphatic heterocycles. The van der Waals surface area contributed by atoms with Crippen molar-refractivity contribution in [3.8, 4) is 5.75 Å². The number of carbonyl (C=O) groups excluding carboxylic acids is 1. The monoisotopic (exact) mass is 603 g/mol. The van der Waals surface area contributed by atoms with E-state index in [1.54, 1.807) is 6.07 Å². The van der Waals surface area contributed by atoms with Gasteiger partial charge in [-0.2, -0.15) is 0 Å². The fraction of sp³-hybridized carbons (Fsp3) is 0.667. The number of halogens is 1. The highest BCUT2D eigenvalue weighted by Gasteiger charge is 2.59. The van der Waals surface area contributed by atoms with E-state index in [1.807, 2.05) is 18.2 Å². The Morgan fingerprint density at radius 2 is 1.77 bits per heavy atom. The second-order valence-corrected chi connectivity index (χ2v) is 15.1. The minimum absolute atomic E-state index is 0.143.